The van der Waals surface area contributed by atoms with E-state index in [1.807, 2.05) is 17.8 Å². The summed E-state index contributed by atoms with van der Waals surface area (Å²) in [4.78, 5) is 13.3. The molecule has 1 aromatic heterocycles. The van der Waals surface area contributed by atoms with Gasteiger partial charge in [0.15, 0.2) is 5.78 Å². The Morgan fingerprint density at radius 1 is 1.21 bits per heavy atom. The zero-order valence-corrected chi connectivity index (χ0v) is 16.7. The molecule has 3 aliphatic carbocycles. The molecule has 5 rings (SSSR count). The Balaban J connectivity index is 1.70. The monoisotopic (exact) mass is 376 g/mol. The van der Waals surface area contributed by atoms with Gasteiger partial charge in [0.2, 0.25) is 0 Å². The molecule has 1 aromatic carbocycles. The van der Waals surface area contributed by atoms with Gasteiger partial charge >= 0.3 is 0 Å². The van der Waals surface area contributed by atoms with Crippen LogP contribution in [-0.4, -0.2) is 20.7 Å². The number of fused-ring (bicyclic) bond motifs is 4. The molecule has 0 amide bonds. The van der Waals surface area contributed by atoms with Crippen LogP contribution < -0.4 is 0 Å². The van der Waals surface area contributed by atoms with Gasteiger partial charge in [0.1, 0.15) is 0 Å². The number of carbonyl (C=O) groups is 1. The summed E-state index contributed by atoms with van der Waals surface area (Å²) in [5.74, 6) is 0.516. The maximum atomic E-state index is 13.3. The van der Waals surface area contributed by atoms with Gasteiger partial charge in [0.25, 0.3) is 0 Å². The van der Waals surface area contributed by atoms with Gasteiger partial charge in [0.05, 0.1) is 17.6 Å². The Bertz CT molecular complexity index is 966. The van der Waals surface area contributed by atoms with Crippen LogP contribution in [0.5, 0.6) is 0 Å². The second-order valence-corrected chi connectivity index (χ2v) is 9.20. The minimum atomic E-state index is -0.302. The van der Waals surface area contributed by atoms with Crippen LogP contribution in [0.15, 0.2) is 42.2 Å². The van der Waals surface area contributed by atoms with E-state index < -0.39 is 0 Å². The van der Waals surface area contributed by atoms with Crippen molar-refractivity contribution in [3.63, 3.8) is 0 Å². The maximum absolute atomic E-state index is 13.3. The molecule has 1 N–H and O–H groups in total. The largest absolute Gasteiger partial charge is 0.515 e. The van der Waals surface area contributed by atoms with Crippen molar-refractivity contribution in [2.45, 2.75) is 57.3 Å². The van der Waals surface area contributed by atoms with Gasteiger partial charge in [-0.25, -0.2) is 0 Å². The van der Waals surface area contributed by atoms with Crippen molar-refractivity contribution in [3.05, 3.63) is 53.4 Å². The molecule has 28 heavy (non-hydrogen) atoms. The predicted octanol–water partition coefficient (Wildman–Crippen LogP) is 4.88. The molecule has 0 radical (unpaired) electrons. The normalized spacial score (nSPS) is 29.9. The highest BCUT2D eigenvalue weighted by molar-refractivity contribution is 6.01. The van der Waals surface area contributed by atoms with E-state index in [2.05, 4.69) is 31.2 Å². The van der Waals surface area contributed by atoms with Crippen LogP contribution in [0.2, 0.25) is 0 Å². The predicted molar refractivity (Wildman–Crippen MR) is 109 cm³/mol. The first kappa shape index (κ1) is 17.7. The molecule has 4 nitrogen and oxygen atoms in total. The van der Waals surface area contributed by atoms with Crippen LogP contribution in [0.25, 0.3) is 11.3 Å². The lowest BCUT2D eigenvalue weighted by Crippen LogP contribution is -2.54. The second-order valence-electron chi connectivity index (χ2n) is 9.20. The fourth-order valence-corrected chi connectivity index (χ4v) is 6.73. The maximum Gasteiger partial charge on any atom is 0.168 e. The van der Waals surface area contributed by atoms with Crippen LogP contribution in [0.1, 0.15) is 56.7 Å². The average Bonchev–Trinajstić information content (AvgIpc) is 3.31. The number of ketones is 1. The molecular weight excluding hydrogens is 348 g/mol. The van der Waals surface area contributed by atoms with E-state index in [0.717, 1.165) is 50.5 Å². The van der Waals surface area contributed by atoms with Crippen LogP contribution in [0.3, 0.4) is 0 Å². The van der Waals surface area contributed by atoms with Crippen LogP contribution in [-0.2, 0) is 23.7 Å². The molecule has 3 aliphatic rings. The zero-order chi connectivity index (χ0) is 19.5. The summed E-state index contributed by atoms with van der Waals surface area (Å²) in [6, 6.07) is 10.5. The SMILES string of the molecule is Cn1nc2c(c1-c1ccccc1)CC[C@H]1C3(CCCC3)C(=O)/C(=C\O)C[C@]21C. The van der Waals surface area contributed by atoms with Crippen molar-refractivity contribution in [1.29, 1.82) is 0 Å². The molecule has 2 aromatic rings. The van der Waals surface area contributed by atoms with E-state index in [-0.39, 0.29) is 16.6 Å². The van der Waals surface area contributed by atoms with E-state index in [1.54, 1.807) is 0 Å². The summed E-state index contributed by atoms with van der Waals surface area (Å²) < 4.78 is 2.02. The minimum Gasteiger partial charge on any atom is -0.515 e. The van der Waals surface area contributed by atoms with Crippen LogP contribution >= 0.6 is 0 Å². The quantitative estimate of drug-likeness (QED) is 0.570. The lowest BCUT2D eigenvalue weighted by atomic mass is 9.48. The number of rotatable bonds is 1. The van der Waals surface area contributed by atoms with Gasteiger partial charge in [-0.2, -0.15) is 5.10 Å². The number of hydrogen-bond donors (Lipinski definition) is 1. The fraction of sp³-hybridized carbons (Fsp3) is 0.500. The van der Waals surface area contributed by atoms with Crippen molar-refractivity contribution < 1.29 is 9.90 Å². The molecule has 2 atom stereocenters. The highest BCUT2D eigenvalue weighted by atomic mass is 16.2. The van der Waals surface area contributed by atoms with Gasteiger partial charge in [-0.15, -0.1) is 0 Å². The van der Waals surface area contributed by atoms with Gasteiger partial charge in [-0.1, -0.05) is 50.1 Å². The Hall–Kier alpha value is -2.36. The number of benzene rings is 1. The van der Waals surface area contributed by atoms with Crippen LogP contribution in [0.4, 0.5) is 0 Å². The summed E-state index contributed by atoms with van der Waals surface area (Å²) in [5.41, 5.74) is 4.95. The van der Waals surface area contributed by atoms with Crippen molar-refractivity contribution >= 4 is 5.78 Å². The van der Waals surface area contributed by atoms with E-state index in [1.165, 1.54) is 16.8 Å². The van der Waals surface area contributed by atoms with Crippen molar-refractivity contribution in [1.82, 2.24) is 9.78 Å². The van der Waals surface area contributed by atoms with Gasteiger partial charge in [-0.3, -0.25) is 9.48 Å². The summed E-state index contributed by atoms with van der Waals surface area (Å²) in [6.45, 7) is 2.29. The molecule has 4 heteroatoms. The molecule has 146 valence electrons. The van der Waals surface area contributed by atoms with Crippen molar-refractivity contribution in [2.75, 3.05) is 0 Å². The number of hydrogen-bond acceptors (Lipinski definition) is 3. The third kappa shape index (κ3) is 2.17. The molecule has 0 aliphatic heterocycles. The van der Waals surface area contributed by atoms with Gasteiger partial charge < -0.3 is 5.11 Å². The third-order valence-corrected chi connectivity index (χ3v) is 7.81. The zero-order valence-electron chi connectivity index (χ0n) is 16.7. The van der Waals surface area contributed by atoms with Crippen LogP contribution in [0, 0.1) is 11.3 Å². The number of aromatic nitrogens is 2. The number of aliphatic hydroxyl groups excluding tert-OH is 1. The van der Waals surface area contributed by atoms with Gasteiger partial charge in [0, 0.05) is 34.6 Å². The van der Waals surface area contributed by atoms with Gasteiger partial charge in [-0.05, 0) is 38.0 Å². The Morgan fingerprint density at radius 3 is 2.61 bits per heavy atom. The number of nitrogens with zero attached hydrogens (tertiary/aromatic N) is 2. The van der Waals surface area contributed by atoms with Crippen molar-refractivity contribution in [2.24, 2.45) is 18.4 Å². The third-order valence-electron chi connectivity index (χ3n) is 7.81. The molecule has 1 spiro atoms. The summed E-state index contributed by atoms with van der Waals surface area (Å²) in [5, 5.41) is 14.9. The molecule has 0 saturated heterocycles. The molecule has 1 heterocycles. The standard InChI is InChI=1S/C24H28N2O2/c1-23-14-17(15-27)22(28)24(12-6-7-13-24)19(23)11-10-18-20(26(2)25-21(18)23)16-8-4-3-5-9-16/h3-5,8-9,15,19,27H,6-7,10-14H2,1-2H3/b17-15-/t19-,23+/m1/s1. The lowest BCUT2D eigenvalue weighted by Gasteiger charge is -2.53. The first-order chi connectivity index (χ1) is 13.5. The van der Waals surface area contributed by atoms with E-state index in [4.69, 9.17) is 5.10 Å². The van der Waals surface area contributed by atoms with E-state index >= 15 is 0 Å². The molecular formula is C24H28N2O2. The lowest BCUT2D eigenvalue weighted by molar-refractivity contribution is -0.134. The molecule has 2 saturated carbocycles. The van der Waals surface area contributed by atoms with Crippen molar-refractivity contribution in [3.8, 4) is 11.3 Å². The highest BCUT2D eigenvalue weighted by Crippen LogP contribution is 2.62. The first-order valence-corrected chi connectivity index (χ1v) is 10.5. The number of allylic oxidation sites excluding steroid dienone is 1. The Labute approximate surface area is 166 Å². The number of aryl methyl sites for hydroxylation is 1. The first-order valence-electron chi connectivity index (χ1n) is 10.5. The second kappa shape index (κ2) is 6.07. The summed E-state index contributed by atoms with van der Waals surface area (Å²) in [6.07, 6.45) is 7.81. The number of carbonyl (C=O) groups excluding carboxylic acids is 1. The highest BCUT2D eigenvalue weighted by Gasteiger charge is 2.61. The molecule has 0 unspecified atom stereocenters. The minimum absolute atomic E-state index is 0.203. The topological polar surface area (TPSA) is 55.1 Å². The number of aliphatic hydroxyl groups is 1. The van der Waals surface area contributed by atoms with E-state index in [9.17, 15) is 9.90 Å². The average molecular weight is 377 g/mol. The summed E-state index contributed by atoms with van der Waals surface area (Å²) >= 11 is 0. The molecule has 0 bridgehead atoms. The smallest absolute Gasteiger partial charge is 0.168 e. The van der Waals surface area contributed by atoms with E-state index in [0.29, 0.717) is 17.9 Å². The summed E-state index contributed by atoms with van der Waals surface area (Å²) in [7, 11) is 2.03. The fourth-order valence-electron chi connectivity index (χ4n) is 6.73. The Morgan fingerprint density at radius 2 is 1.93 bits per heavy atom. The molecule has 2 fully saturated rings. The number of Topliss-reactive ketones (excluding diaryl/α,β-unsaturated/α-hetero) is 1. The Kier molecular flexibility index (Phi) is 3.84.